The number of amides is 1. The summed E-state index contributed by atoms with van der Waals surface area (Å²) in [5, 5.41) is 0. The largest absolute Gasteiger partial charge is 0.366 e. The van der Waals surface area contributed by atoms with E-state index in [1.54, 1.807) is 0 Å². The average Bonchev–Trinajstić information content (AvgIpc) is 2.54. The van der Waals surface area contributed by atoms with Gasteiger partial charge in [-0.2, -0.15) is 0 Å². The molecule has 1 aliphatic rings. The minimum Gasteiger partial charge on any atom is -0.366 e. The molecule has 2 N–H and O–H groups in total. The summed E-state index contributed by atoms with van der Waals surface area (Å²) in [4.78, 5) is 14.0. The Bertz CT molecular complexity index is 735. The van der Waals surface area contributed by atoms with Crippen LogP contribution in [0.25, 0.3) is 6.08 Å². The summed E-state index contributed by atoms with van der Waals surface area (Å²) in [7, 11) is 0. The molecule has 0 saturated carbocycles. The Morgan fingerprint density at radius 1 is 1.17 bits per heavy atom. The van der Waals surface area contributed by atoms with E-state index in [9.17, 15) is 4.79 Å². The van der Waals surface area contributed by atoms with Gasteiger partial charge >= 0.3 is 0 Å². The van der Waals surface area contributed by atoms with Gasteiger partial charge < -0.3 is 5.73 Å². The molecule has 0 radical (unpaired) electrons. The maximum atomic E-state index is 11.5. The first-order chi connectivity index (χ1) is 11.1. The molecule has 2 aromatic rings. The van der Waals surface area contributed by atoms with E-state index in [1.807, 2.05) is 18.2 Å². The summed E-state index contributed by atoms with van der Waals surface area (Å²) >= 11 is 0. The molecule has 118 valence electrons. The summed E-state index contributed by atoms with van der Waals surface area (Å²) in [5.41, 5.74) is 11.1. The fourth-order valence-electron chi connectivity index (χ4n) is 3.27. The number of rotatable bonds is 4. The van der Waals surface area contributed by atoms with Crippen molar-refractivity contribution in [2.75, 3.05) is 13.1 Å². The van der Waals surface area contributed by atoms with Gasteiger partial charge in [-0.25, -0.2) is 0 Å². The molecule has 0 unspecified atom stereocenters. The number of nitrogens with zero attached hydrogens (tertiary/aromatic N) is 1. The smallest absolute Gasteiger partial charge is 0.248 e. The highest BCUT2D eigenvalue weighted by atomic mass is 16.1. The molecule has 1 heterocycles. The van der Waals surface area contributed by atoms with Crippen molar-refractivity contribution in [2.24, 2.45) is 5.73 Å². The van der Waals surface area contributed by atoms with Gasteiger partial charge in [0.15, 0.2) is 0 Å². The van der Waals surface area contributed by atoms with Gasteiger partial charge in [-0.1, -0.05) is 54.1 Å². The number of primary amides is 1. The number of hydrogen-bond donors (Lipinski definition) is 1. The van der Waals surface area contributed by atoms with Crippen LogP contribution in [0.2, 0.25) is 0 Å². The average molecular weight is 306 g/mol. The number of carbonyl (C=O) groups is 1. The lowest BCUT2D eigenvalue weighted by Crippen LogP contribution is -2.33. The monoisotopic (exact) mass is 306 g/mol. The fourth-order valence-corrected chi connectivity index (χ4v) is 3.27. The molecule has 0 aliphatic carbocycles. The van der Waals surface area contributed by atoms with E-state index in [0.29, 0.717) is 5.56 Å². The first kappa shape index (κ1) is 15.5. The normalized spacial score (nSPS) is 15.3. The van der Waals surface area contributed by atoms with Crippen molar-refractivity contribution in [3.05, 3.63) is 76.4 Å². The fraction of sp³-hybridized carbons (Fsp3) is 0.250. The van der Waals surface area contributed by atoms with Gasteiger partial charge in [0, 0.05) is 25.2 Å². The Morgan fingerprint density at radius 3 is 2.70 bits per heavy atom. The van der Waals surface area contributed by atoms with Gasteiger partial charge in [-0.3, -0.25) is 9.69 Å². The van der Waals surface area contributed by atoms with Gasteiger partial charge in [0.1, 0.15) is 0 Å². The molecule has 0 saturated heterocycles. The standard InChI is InChI=1S/C20H22N2O/c1-15(12-16-6-3-2-4-7-16)13-22-11-10-18-17(14-22)8-5-9-19(18)20(21)23/h2-9,12H,10-11,13-14H2,1H3,(H2,21,23). The summed E-state index contributed by atoms with van der Waals surface area (Å²) in [6, 6.07) is 16.2. The van der Waals surface area contributed by atoms with E-state index >= 15 is 0 Å². The molecule has 0 spiro atoms. The topological polar surface area (TPSA) is 46.3 Å². The molecule has 3 rings (SSSR count). The zero-order chi connectivity index (χ0) is 16.2. The first-order valence-electron chi connectivity index (χ1n) is 7.98. The van der Waals surface area contributed by atoms with Gasteiger partial charge in [0.05, 0.1) is 0 Å². The van der Waals surface area contributed by atoms with E-state index in [-0.39, 0.29) is 5.91 Å². The molecule has 0 bridgehead atoms. The second-order valence-electron chi connectivity index (χ2n) is 6.17. The van der Waals surface area contributed by atoms with Crippen LogP contribution in [0.3, 0.4) is 0 Å². The molecule has 3 heteroatoms. The summed E-state index contributed by atoms with van der Waals surface area (Å²) in [5.74, 6) is -0.324. The quantitative estimate of drug-likeness (QED) is 0.942. The van der Waals surface area contributed by atoms with E-state index in [1.165, 1.54) is 16.7 Å². The van der Waals surface area contributed by atoms with Crippen LogP contribution in [-0.2, 0) is 13.0 Å². The molecule has 0 atom stereocenters. The van der Waals surface area contributed by atoms with Crippen LogP contribution in [0.4, 0.5) is 0 Å². The van der Waals surface area contributed by atoms with Gasteiger partial charge in [0.2, 0.25) is 5.91 Å². The van der Waals surface area contributed by atoms with Crippen LogP contribution in [0.5, 0.6) is 0 Å². The van der Waals surface area contributed by atoms with Crippen molar-refractivity contribution in [2.45, 2.75) is 19.9 Å². The van der Waals surface area contributed by atoms with Crippen LogP contribution in [0, 0.1) is 0 Å². The summed E-state index contributed by atoms with van der Waals surface area (Å²) < 4.78 is 0. The lowest BCUT2D eigenvalue weighted by molar-refractivity contribution is 0.0998. The summed E-state index contributed by atoms with van der Waals surface area (Å²) in [6.07, 6.45) is 3.11. The molecule has 2 aromatic carbocycles. The maximum absolute atomic E-state index is 11.5. The number of nitrogens with two attached hydrogens (primary N) is 1. The molecular formula is C20H22N2O. The highest BCUT2D eigenvalue weighted by molar-refractivity contribution is 5.94. The van der Waals surface area contributed by atoms with Crippen LogP contribution >= 0.6 is 0 Å². The van der Waals surface area contributed by atoms with Crippen LogP contribution in [0.15, 0.2) is 54.1 Å². The van der Waals surface area contributed by atoms with E-state index < -0.39 is 0 Å². The SMILES string of the molecule is CC(=Cc1ccccc1)CN1CCc2c(cccc2C(N)=O)C1. The molecule has 0 fully saturated rings. The molecular weight excluding hydrogens is 284 g/mol. The molecule has 1 amide bonds. The lowest BCUT2D eigenvalue weighted by atomic mass is 9.94. The second kappa shape index (κ2) is 6.80. The number of fused-ring (bicyclic) bond motifs is 1. The molecule has 3 nitrogen and oxygen atoms in total. The predicted molar refractivity (Wildman–Crippen MR) is 94.0 cm³/mol. The molecule has 23 heavy (non-hydrogen) atoms. The van der Waals surface area contributed by atoms with E-state index in [4.69, 9.17) is 5.73 Å². The predicted octanol–water partition coefficient (Wildman–Crippen LogP) is 3.25. The van der Waals surface area contributed by atoms with Gasteiger partial charge in [0.25, 0.3) is 0 Å². The van der Waals surface area contributed by atoms with Crippen molar-refractivity contribution in [3.63, 3.8) is 0 Å². The zero-order valence-electron chi connectivity index (χ0n) is 13.5. The van der Waals surface area contributed by atoms with Crippen molar-refractivity contribution in [1.29, 1.82) is 0 Å². The minimum atomic E-state index is -0.324. The second-order valence-corrected chi connectivity index (χ2v) is 6.17. The van der Waals surface area contributed by atoms with E-state index in [0.717, 1.165) is 31.6 Å². The van der Waals surface area contributed by atoms with Crippen LogP contribution in [0.1, 0.15) is 34.0 Å². The lowest BCUT2D eigenvalue weighted by Gasteiger charge is -2.30. The van der Waals surface area contributed by atoms with Crippen molar-refractivity contribution in [3.8, 4) is 0 Å². The van der Waals surface area contributed by atoms with Crippen molar-refractivity contribution in [1.82, 2.24) is 4.90 Å². The Balaban J connectivity index is 1.72. The number of benzene rings is 2. The highest BCUT2D eigenvalue weighted by Crippen LogP contribution is 2.23. The van der Waals surface area contributed by atoms with E-state index in [2.05, 4.69) is 48.2 Å². The van der Waals surface area contributed by atoms with Crippen LogP contribution < -0.4 is 5.73 Å². The van der Waals surface area contributed by atoms with Crippen molar-refractivity contribution >= 4 is 12.0 Å². The summed E-state index contributed by atoms with van der Waals surface area (Å²) in [6.45, 7) is 4.94. The Hall–Kier alpha value is -2.39. The Morgan fingerprint density at radius 2 is 1.96 bits per heavy atom. The van der Waals surface area contributed by atoms with Crippen molar-refractivity contribution < 1.29 is 4.79 Å². The third-order valence-corrected chi connectivity index (χ3v) is 4.30. The first-order valence-corrected chi connectivity index (χ1v) is 7.98. The Kier molecular flexibility index (Phi) is 4.58. The number of carbonyl (C=O) groups excluding carboxylic acids is 1. The molecule has 1 aliphatic heterocycles. The van der Waals surface area contributed by atoms with Crippen LogP contribution in [-0.4, -0.2) is 23.9 Å². The highest BCUT2D eigenvalue weighted by Gasteiger charge is 2.20. The van der Waals surface area contributed by atoms with Gasteiger partial charge in [-0.05, 0) is 36.1 Å². The Labute approximate surface area is 137 Å². The minimum absolute atomic E-state index is 0.324. The third kappa shape index (κ3) is 3.69. The zero-order valence-corrected chi connectivity index (χ0v) is 13.5. The number of hydrogen-bond acceptors (Lipinski definition) is 2. The maximum Gasteiger partial charge on any atom is 0.248 e. The molecule has 0 aromatic heterocycles. The van der Waals surface area contributed by atoms with Gasteiger partial charge in [-0.15, -0.1) is 0 Å². The third-order valence-electron chi connectivity index (χ3n) is 4.30.